The Kier molecular flexibility index (Phi) is 4.15. The summed E-state index contributed by atoms with van der Waals surface area (Å²) in [6.07, 6.45) is 0.808. The SMILES string of the molecule is Cc1cccc(C)c1N=C(Cl)CC(C)(C)C. The van der Waals surface area contributed by atoms with Crippen molar-refractivity contribution in [1.29, 1.82) is 0 Å². The molecule has 2 heteroatoms. The third-order valence-corrected chi connectivity index (χ3v) is 2.57. The molecule has 0 spiro atoms. The molecule has 1 aromatic rings. The van der Waals surface area contributed by atoms with Crippen LogP contribution in [0.4, 0.5) is 5.69 Å². The average Bonchev–Trinajstić information content (AvgIpc) is 2.08. The summed E-state index contributed by atoms with van der Waals surface area (Å²) in [5, 5.41) is 0.685. The number of aliphatic imine (C=N–C) groups is 1. The molecule has 1 nitrogen and oxygen atoms in total. The van der Waals surface area contributed by atoms with E-state index in [-0.39, 0.29) is 5.41 Å². The number of hydrogen-bond donors (Lipinski definition) is 0. The first-order chi connectivity index (χ1) is 7.29. The average molecular weight is 238 g/mol. The van der Waals surface area contributed by atoms with Crippen LogP contribution in [0.1, 0.15) is 38.3 Å². The first-order valence-electron chi connectivity index (χ1n) is 5.59. The van der Waals surface area contributed by atoms with Gasteiger partial charge in [-0.3, -0.25) is 0 Å². The van der Waals surface area contributed by atoms with E-state index in [1.54, 1.807) is 0 Å². The highest BCUT2D eigenvalue weighted by Gasteiger charge is 2.13. The van der Waals surface area contributed by atoms with Crippen LogP contribution in [0.2, 0.25) is 0 Å². The summed E-state index contributed by atoms with van der Waals surface area (Å²) in [4.78, 5) is 4.53. The zero-order valence-corrected chi connectivity index (χ0v) is 11.5. The minimum absolute atomic E-state index is 0.178. The van der Waals surface area contributed by atoms with Gasteiger partial charge < -0.3 is 0 Å². The number of nitrogens with zero attached hydrogens (tertiary/aromatic N) is 1. The molecular weight excluding hydrogens is 218 g/mol. The number of rotatable bonds is 2. The van der Waals surface area contributed by atoms with Gasteiger partial charge in [0.05, 0.1) is 5.69 Å². The maximum Gasteiger partial charge on any atom is 0.107 e. The van der Waals surface area contributed by atoms with E-state index in [2.05, 4.69) is 51.7 Å². The lowest BCUT2D eigenvalue weighted by molar-refractivity contribution is 0.436. The number of benzene rings is 1. The van der Waals surface area contributed by atoms with Gasteiger partial charge in [-0.25, -0.2) is 4.99 Å². The van der Waals surface area contributed by atoms with Crippen molar-refractivity contribution >= 4 is 22.5 Å². The lowest BCUT2D eigenvalue weighted by Gasteiger charge is -2.16. The standard InChI is InChI=1S/C14H20ClN/c1-10-7-6-8-11(2)13(10)16-12(15)9-14(3,4)5/h6-8H,9H2,1-5H3. The highest BCUT2D eigenvalue weighted by Crippen LogP contribution is 2.27. The second-order valence-electron chi connectivity index (χ2n) is 5.47. The monoisotopic (exact) mass is 237 g/mol. The predicted molar refractivity (Wildman–Crippen MR) is 72.9 cm³/mol. The van der Waals surface area contributed by atoms with Crippen LogP contribution in [0.5, 0.6) is 0 Å². The lowest BCUT2D eigenvalue weighted by atomic mass is 9.93. The third kappa shape index (κ3) is 3.97. The molecular formula is C14H20ClN. The van der Waals surface area contributed by atoms with E-state index < -0.39 is 0 Å². The fourth-order valence-corrected chi connectivity index (χ4v) is 2.07. The summed E-state index contributed by atoms with van der Waals surface area (Å²) < 4.78 is 0. The Morgan fingerprint density at radius 2 is 1.69 bits per heavy atom. The van der Waals surface area contributed by atoms with E-state index in [0.717, 1.165) is 12.1 Å². The Morgan fingerprint density at radius 3 is 2.12 bits per heavy atom. The van der Waals surface area contributed by atoms with Crippen molar-refractivity contribution < 1.29 is 0 Å². The number of para-hydroxylation sites is 1. The van der Waals surface area contributed by atoms with Crippen molar-refractivity contribution in [3.63, 3.8) is 0 Å². The van der Waals surface area contributed by atoms with Gasteiger partial charge in [0.25, 0.3) is 0 Å². The van der Waals surface area contributed by atoms with E-state index in [1.165, 1.54) is 11.1 Å². The Bertz CT molecular complexity index is 379. The van der Waals surface area contributed by atoms with Crippen molar-refractivity contribution in [2.24, 2.45) is 10.4 Å². The number of aryl methyl sites for hydroxylation is 2. The summed E-state index contributed by atoms with van der Waals surface area (Å²) in [6.45, 7) is 10.6. The molecule has 0 aliphatic carbocycles. The highest BCUT2D eigenvalue weighted by atomic mass is 35.5. The highest BCUT2D eigenvalue weighted by molar-refractivity contribution is 6.65. The molecule has 0 radical (unpaired) electrons. The van der Waals surface area contributed by atoms with E-state index >= 15 is 0 Å². The van der Waals surface area contributed by atoms with Crippen molar-refractivity contribution in [2.75, 3.05) is 0 Å². The van der Waals surface area contributed by atoms with Crippen LogP contribution in [-0.4, -0.2) is 5.17 Å². The van der Waals surface area contributed by atoms with Gasteiger partial charge in [0.1, 0.15) is 5.17 Å². The molecule has 16 heavy (non-hydrogen) atoms. The zero-order chi connectivity index (χ0) is 12.3. The second kappa shape index (κ2) is 5.01. The van der Waals surface area contributed by atoms with Crippen molar-refractivity contribution in [3.05, 3.63) is 29.3 Å². The van der Waals surface area contributed by atoms with Gasteiger partial charge in [0.15, 0.2) is 0 Å². The van der Waals surface area contributed by atoms with E-state index in [9.17, 15) is 0 Å². The topological polar surface area (TPSA) is 12.4 Å². The maximum atomic E-state index is 6.19. The molecule has 1 rings (SSSR count). The minimum Gasteiger partial charge on any atom is -0.241 e. The smallest absolute Gasteiger partial charge is 0.107 e. The molecule has 0 heterocycles. The van der Waals surface area contributed by atoms with Gasteiger partial charge >= 0.3 is 0 Å². The van der Waals surface area contributed by atoms with Gasteiger partial charge in [0.2, 0.25) is 0 Å². The summed E-state index contributed by atoms with van der Waals surface area (Å²) in [5.41, 5.74) is 3.54. The molecule has 0 fully saturated rings. The van der Waals surface area contributed by atoms with Crippen LogP contribution in [0.15, 0.2) is 23.2 Å². The quantitative estimate of drug-likeness (QED) is 0.642. The fraction of sp³-hybridized carbons (Fsp3) is 0.500. The summed E-state index contributed by atoms with van der Waals surface area (Å²) in [7, 11) is 0. The van der Waals surface area contributed by atoms with Gasteiger partial charge in [-0.15, -0.1) is 0 Å². The number of hydrogen-bond acceptors (Lipinski definition) is 1. The number of halogens is 1. The van der Waals surface area contributed by atoms with Gasteiger partial charge in [-0.1, -0.05) is 50.6 Å². The largest absolute Gasteiger partial charge is 0.241 e. The van der Waals surface area contributed by atoms with Gasteiger partial charge in [-0.2, -0.15) is 0 Å². The van der Waals surface area contributed by atoms with Crippen molar-refractivity contribution in [1.82, 2.24) is 0 Å². The molecule has 0 atom stereocenters. The first kappa shape index (κ1) is 13.2. The first-order valence-corrected chi connectivity index (χ1v) is 5.97. The van der Waals surface area contributed by atoms with Crippen LogP contribution in [0.3, 0.4) is 0 Å². The fourth-order valence-electron chi connectivity index (χ4n) is 1.58. The Hall–Kier alpha value is -0.820. The van der Waals surface area contributed by atoms with E-state index in [0.29, 0.717) is 5.17 Å². The normalized spacial score (nSPS) is 13.0. The Labute approximate surface area is 104 Å². The van der Waals surface area contributed by atoms with Crippen LogP contribution >= 0.6 is 11.6 Å². The van der Waals surface area contributed by atoms with Crippen LogP contribution < -0.4 is 0 Å². The Morgan fingerprint density at radius 1 is 1.19 bits per heavy atom. The summed E-state index contributed by atoms with van der Waals surface area (Å²) in [5.74, 6) is 0. The third-order valence-electron chi connectivity index (χ3n) is 2.35. The molecule has 0 bridgehead atoms. The summed E-state index contributed by atoms with van der Waals surface area (Å²) in [6, 6.07) is 6.17. The van der Waals surface area contributed by atoms with Crippen LogP contribution in [0.25, 0.3) is 0 Å². The van der Waals surface area contributed by atoms with E-state index in [1.807, 2.05) is 6.07 Å². The van der Waals surface area contributed by atoms with Gasteiger partial charge in [0, 0.05) is 6.42 Å². The molecule has 0 unspecified atom stereocenters. The van der Waals surface area contributed by atoms with Crippen LogP contribution in [0, 0.1) is 19.3 Å². The zero-order valence-electron chi connectivity index (χ0n) is 10.8. The molecule has 0 aromatic heterocycles. The summed E-state index contributed by atoms with van der Waals surface area (Å²) >= 11 is 6.19. The molecule has 88 valence electrons. The molecule has 0 N–H and O–H groups in total. The molecule has 0 saturated carbocycles. The van der Waals surface area contributed by atoms with Crippen molar-refractivity contribution in [3.8, 4) is 0 Å². The second-order valence-corrected chi connectivity index (χ2v) is 5.90. The maximum absolute atomic E-state index is 6.19. The molecule has 0 aliphatic heterocycles. The lowest BCUT2D eigenvalue weighted by Crippen LogP contribution is -2.08. The van der Waals surface area contributed by atoms with Crippen molar-refractivity contribution in [2.45, 2.75) is 41.0 Å². The van der Waals surface area contributed by atoms with Gasteiger partial charge in [-0.05, 0) is 30.4 Å². The Balaban J connectivity index is 2.99. The minimum atomic E-state index is 0.178. The molecule has 1 aromatic carbocycles. The molecule has 0 amide bonds. The van der Waals surface area contributed by atoms with E-state index in [4.69, 9.17) is 11.6 Å². The van der Waals surface area contributed by atoms with Crippen LogP contribution in [-0.2, 0) is 0 Å². The predicted octanol–water partition coefficient (Wildman–Crippen LogP) is 5.01. The molecule has 0 saturated heterocycles. The molecule has 0 aliphatic rings.